The van der Waals surface area contributed by atoms with Gasteiger partial charge < -0.3 is 4.74 Å². The van der Waals surface area contributed by atoms with Crippen molar-refractivity contribution >= 4 is 57.0 Å². The number of thiocarbonyl (C=S) groups is 1. The average Bonchev–Trinajstić information content (AvgIpc) is 2.89. The molecule has 1 aliphatic heterocycles. The van der Waals surface area contributed by atoms with Crippen LogP contribution in [0.5, 0.6) is 5.75 Å². The van der Waals surface area contributed by atoms with E-state index in [0.717, 1.165) is 39.2 Å². The van der Waals surface area contributed by atoms with Crippen LogP contribution in [-0.2, 0) is 9.59 Å². The molecule has 5 nitrogen and oxygen atoms in total. The second-order valence-electron chi connectivity index (χ2n) is 5.10. The number of rotatable bonds is 4. The summed E-state index contributed by atoms with van der Waals surface area (Å²) in [6.45, 7) is 3.37. The van der Waals surface area contributed by atoms with Gasteiger partial charge in [-0.25, -0.2) is 0 Å². The number of carbonyl (C=O) groups is 2. The number of ether oxygens (including phenoxy) is 1. The molecule has 0 atom stereocenters. The fraction of sp³-hybridized carbons (Fsp3) is 0.0556. The third-order valence-electron chi connectivity index (χ3n) is 3.63. The van der Waals surface area contributed by atoms with Crippen LogP contribution in [0.4, 0.5) is 0 Å². The summed E-state index contributed by atoms with van der Waals surface area (Å²) in [7, 11) is 1.58. The van der Waals surface area contributed by atoms with Crippen LogP contribution in [0.25, 0.3) is 16.8 Å². The Morgan fingerprint density at radius 1 is 1.32 bits per heavy atom. The van der Waals surface area contributed by atoms with Gasteiger partial charge in [-0.1, -0.05) is 48.7 Å². The fourth-order valence-corrected chi connectivity index (χ4v) is 3.61. The average molecular weight is 370 g/mol. The van der Waals surface area contributed by atoms with Gasteiger partial charge in [0.25, 0.3) is 11.8 Å². The summed E-state index contributed by atoms with van der Waals surface area (Å²) in [4.78, 5) is 24.4. The van der Waals surface area contributed by atoms with Crippen LogP contribution < -0.4 is 10.2 Å². The molecule has 0 saturated carbocycles. The Hall–Kier alpha value is -2.64. The lowest BCUT2D eigenvalue weighted by Crippen LogP contribution is -2.44. The topological polar surface area (TPSA) is 58.6 Å². The van der Waals surface area contributed by atoms with E-state index >= 15 is 0 Å². The van der Waals surface area contributed by atoms with Crippen LogP contribution >= 0.6 is 24.0 Å². The van der Waals surface area contributed by atoms with Gasteiger partial charge >= 0.3 is 0 Å². The standard InChI is InChI=1S/C18H14N2O3S2/c1-3-16(21)19-20-17(22)15(25-18(20)24)10-13-12-7-5-4-6-11(12)8-9-14(13)23-2/h3-10H,1H2,2H3,(H,19,21)/b15-10-. The summed E-state index contributed by atoms with van der Waals surface area (Å²) in [5, 5.41) is 3.04. The first-order chi connectivity index (χ1) is 12.0. The summed E-state index contributed by atoms with van der Waals surface area (Å²) in [6, 6.07) is 11.6. The molecule has 1 aliphatic rings. The first-order valence-corrected chi connectivity index (χ1v) is 8.54. The quantitative estimate of drug-likeness (QED) is 0.661. The highest BCUT2D eigenvalue weighted by atomic mass is 32.2. The summed E-state index contributed by atoms with van der Waals surface area (Å²) in [5.41, 5.74) is 3.19. The lowest BCUT2D eigenvalue weighted by molar-refractivity contribution is -0.130. The van der Waals surface area contributed by atoms with Gasteiger partial charge in [0.15, 0.2) is 4.32 Å². The summed E-state index contributed by atoms with van der Waals surface area (Å²) in [6.07, 6.45) is 2.82. The third-order valence-corrected chi connectivity index (χ3v) is 4.93. The van der Waals surface area contributed by atoms with E-state index in [1.54, 1.807) is 13.2 Å². The van der Waals surface area contributed by atoms with Crippen molar-refractivity contribution in [1.29, 1.82) is 0 Å². The zero-order valence-electron chi connectivity index (χ0n) is 13.3. The molecule has 2 aromatic carbocycles. The van der Waals surface area contributed by atoms with Gasteiger partial charge in [-0.3, -0.25) is 15.0 Å². The zero-order chi connectivity index (χ0) is 18.0. The number of nitrogens with one attached hydrogen (secondary N) is 1. The molecule has 0 bridgehead atoms. The number of hydrogen-bond acceptors (Lipinski definition) is 5. The van der Waals surface area contributed by atoms with Gasteiger partial charge in [-0.2, -0.15) is 5.01 Å². The lowest BCUT2D eigenvalue weighted by atomic mass is 10.0. The van der Waals surface area contributed by atoms with E-state index in [4.69, 9.17) is 17.0 Å². The smallest absolute Gasteiger partial charge is 0.285 e. The second kappa shape index (κ2) is 7.08. The molecule has 1 fully saturated rings. The number of methoxy groups -OCH3 is 1. The van der Waals surface area contributed by atoms with Crippen molar-refractivity contribution < 1.29 is 14.3 Å². The first-order valence-electron chi connectivity index (χ1n) is 7.32. The maximum atomic E-state index is 12.6. The number of hydrazine groups is 1. The monoisotopic (exact) mass is 370 g/mol. The van der Waals surface area contributed by atoms with Gasteiger partial charge in [-0.05, 0) is 41.2 Å². The van der Waals surface area contributed by atoms with E-state index in [9.17, 15) is 9.59 Å². The van der Waals surface area contributed by atoms with Crippen molar-refractivity contribution in [3.8, 4) is 5.75 Å². The Kier molecular flexibility index (Phi) is 4.87. The zero-order valence-corrected chi connectivity index (χ0v) is 14.9. The molecular weight excluding hydrogens is 356 g/mol. The van der Waals surface area contributed by atoms with E-state index < -0.39 is 5.91 Å². The van der Waals surface area contributed by atoms with Gasteiger partial charge in [-0.15, -0.1) is 0 Å². The summed E-state index contributed by atoms with van der Waals surface area (Å²) >= 11 is 6.30. The Balaban J connectivity index is 2.05. The summed E-state index contributed by atoms with van der Waals surface area (Å²) < 4.78 is 5.70. The Morgan fingerprint density at radius 2 is 2.08 bits per heavy atom. The molecule has 3 rings (SSSR count). The minimum atomic E-state index is -0.500. The molecule has 0 aromatic heterocycles. The molecule has 0 unspecified atom stereocenters. The second-order valence-corrected chi connectivity index (χ2v) is 6.78. The van der Waals surface area contributed by atoms with Crippen LogP contribution in [0.15, 0.2) is 54.0 Å². The van der Waals surface area contributed by atoms with Crippen molar-refractivity contribution in [3.05, 3.63) is 59.5 Å². The molecule has 0 aliphatic carbocycles. The molecular formula is C18H14N2O3S2. The normalized spacial score (nSPS) is 15.7. The van der Waals surface area contributed by atoms with Crippen LogP contribution in [0.1, 0.15) is 5.56 Å². The lowest BCUT2D eigenvalue weighted by Gasteiger charge is -2.13. The van der Waals surface area contributed by atoms with Gasteiger partial charge in [0.05, 0.1) is 12.0 Å². The van der Waals surface area contributed by atoms with Crippen molar-refractivity contribution in [1.82, 2.24) is 10.4 Å². The minimum Gasteiger partial charge on any atom is -0.496 e. The highest BCUT2D eigenvalue weighted by molar-refractivity contribution is 8.26. The van der Waals surface area contributed by atoms with Crippen molar-refractivity contribution in [3.63, 3.8) is 0 Å². The van der Waals surface area contributed by atoms with Crippen LogP contribution in [0.3, 0.4) is 0 Å². The van der Waals surface area contributed by atoms with Gasteiger partial charge in [0.2, 0.25) is 0 Å². The fourth-order valence-electron chi connectivity index (χ4n) is 2.45. The number of benzene rings is 2. The largest absolute Gasteiger partial charge is 0.496 e. The molecule has 1 heterocycles. The minimum absolute atomic E-state index is 0.255. The molecule has 2 amide bonds. The molecule has 126 valence electrons. The predicted octanol–water partition coefficient (Wildman–Crippen LogP) is 3.27. The molecule has 0 radical (unpaired) electrons. The highest BCUT2D eigenvalue weighted by Gasteiger charge is 2.33. The number of hydrogen-bond donors (Lipinski definition) is 1. The summed E-state index contributed by atoms with van der Waals surface area (Å²) in [5.74, 6) is -0.237. The first kappa shape index (κ1) is 17.2. The maximum Gasteiger partial charge on any atom is 0.285 e. The maximum absolute atomic E-state index is 12.6. The molecule has 1 N–H and O–H groups in total. The predicted molar refractivity (Wildman–Crippen MR) is 104 cm³/mol. The van der Waals surface area contributed by atoms with E-state index in [0.29, 0.717) is 10.7 Å². The van der Waals surface area contributed by atoms with Gasteiger partial charge in [0.1, 0.15) is 5.75 Å². The van der Waals surface area contributed by atoms with Crippen LogP contribution in [0, 0.1) is 0 Å². The van der Waals surface area contributed by atoms with E-state index in [1.165, 1.54) is 0 Å². The third kappa shape index (κ3) is 3.29. The Labute approximate surface area is 154 Å². The van der Waals surface area contributed by atoms with E-state index in [-0.39, 0.29) is 10.2 Å². The molecule has 1 saturated heterocycles. The molecule has 7 heteroatoms. The van der Waals surface area contributed by atoms with Crippen molar-refractivity contribution in [2.75, 3.05) is 7.11 Å². The van der Waals surface area contributed by atoms with E-state index in [2.05, 4.69) is 12.0 Å². The number of carbonyl (C=O) groups excluding carboxylic acids is 2. The number of amides is 2. The van der Waals surface area contributed by atoms with Crippen molar-refractivity contribution in [2.45, 2.75) is 0 Å². The molecule has 0 spiro atoms. The van der Waals surface area contributed by atoms with Crippen LogP contribution in [0.2, 0.25) is 0 Å². The number of fused-ring (bicyclic) bond motifs is 1. The van der Waals surface area contributed by atoms with Crippen LogP contribution in [-0.4, -0.2) is 28.3 Å². The Bertz CT molecular complexity index is 937. The molecule has 2 aromatic rings. The molecule has 25 heavy (non-hydrogen) atoms. The SMILES string of the molecule is C=CC(=O)NN1C(=O)/C(=C/c2c(OC)ccc3ccccc23)SC1=S. The number of thioether (sulfide) groups is 1. The van der Waals surface area contributed by atoms with E-state index in [1.807, 2.05) is 36.4 Å². The van der Waals surface area contributed by atoms with Gasteiger partial charge in [0, 0.05) is 5.56 Å². The highest BCUT2D eigenvalue weighted by Crippen LogP contribution is 2.36. The van der Waals surface area contributed by atoms with Crippen molar-refractivity contribution in [2.24, 2.45) is 0 Å². The number of nitrogens with zero attached hydrogens (tertiary/aromatic N) is 1. The Morgan fingerprint density at radius 3 is 2.80 bits per heavy atom.